The summed E-state index contributed by atoms with van der Waals surface area (Å²) >= 11 is 0. The molecule has 0 aromatic carbocycles. The van der Waals surface area contributed by atoms with E-state index in [1.165, 1.54) is 57.8 Å². The second-order valence-electron chi connectivity index (χ2n) is 10.7. The molecule has 2 saturated carbocycles. The van der Waals surface area contributed by atoms with Crippen LogP contribution in [0, 0.1) is 17.3 Å². The minimum absolute atomic E-state index is 0.230. The predicted molar refractivity (Wildman–Crippen MR) is 118 cm³/mol. The van der Waals surface area contributed by atoms with E-state index in [1.807, 2.05) is 0 Å². The number of hydrogen-bond donors (Lipinski definition) is 0. The van der Waals surface area contributed by atoms with E-state index in [0.717, 1.165) is 44.5 Å². The predicted octanol–water partition coefficient (Wildman–Crippen LogP) is 6.78. The summed E-state index contributed by atoms with van der Waals surface area (Å²) in [4.78, 5) is 0. The van der Waals surface area contributed by atoms with Crippen molar-refractivity contribution < 1.29 is 14.2 Å². The molecule has 2 fully saturated rings. The van der Waals surface area contributed by atoms with Crippen LogP contribution in [-0.4, -0.2) is 38.1 Å². The van der Waals surface area contributed by atoms with E-state index in [4.69, 9.17) is 14.2 Å². The third-order valence-corrected chi connectivity index (χ3v) is 6.68. The highest BCUT2D eigenvalue weighted by Crippen LogP contribution is 2.32. The molecule has 0 heterocycles. The van der Waals surface area contributed by atoms with Crippen molar-refractivity contribution in [1.82, 2.24) is 0 Å². The average molecular weight is 397 g/mol. The Hall–Kier alpha value is -0.120. The molecule has 2 rings (SSSR count). The molecule has 0 radical (unpaired) electrons. The Morgan fingerprint density at radius 2 is 1.29 bits per heavy atom. The normalized spacial score (nSPS) is 23.0. The van der Waals surface area contributed by atoms with E-state index < -0.39 is 0 Å². The lowest BCUT2D eigenvalue weighted by atomic mass is 9.86. The maximum atomic E-state index is 6.40. The van der Waals surface area contributed by atoms with E-state index in [9.17, 15) is 0 Å². The average Bonchev–Trinajstić information content (AvgIpc) is 3.20. The molecule has 0 saturated heterocycles. The lowest BCUT2D eigenvalue weighted by Crippen LogP contribution is -2.29. The van der Waals surface area contributed by atoms with E-state index >= 15 is 0 Å². The second-order valence-corrected chi connectivity index (χ2v) is 10.7. The van der Waals surface area contributed by atoms with Gasteiger partial charge in [-0.3, -0.25) is 0 Å². The first-order valence-electron chi connectivity index (χ1n) is 12.2. The third kappa shape index (κ3) is 9.59. The van der Waals surface area contributed by atoms with Gasteiger partial charge in [0.1, 0.15) is 0 Å². The fraction of sp³-hybridized carbons (Fsp3) is 1.00. The highest BCUT2D eigenvalue weighted by molar-refractivity contribution is 4.77. The van der Waals surface area contributed by atoms with Crippen LogP contribution in [0.1, 0.15) is 105 Å². The van der Waals surface area contributed by atoms with Gasteiger partial charge >= 0.3 is 0 Å². The summed E-state index contributed by atoms with van der Waals surface area (Å²) in [5.41, 5.74) is 0.230. The molecular formula is C25H48O3. The molecule has 0 aliphatic heterocycles. The van der Waals surface area contributed by atoms with E-state index in [-0.39, 0.29) is 11.5 Å². The van der Waals surface area contributed by atoms with Crippen LogP contribution < -0.4 is 0 Å². The molecule has 0 aromatic rings. The standard InChI is InChI=1S/C25H48O3/c1-20(28-19-25(3,4)5)15-17-27-24(23-13-9-10-14-23)16-18-26-21(2)22-11-7-6-8-12-22/h20-24H,6-19H2,1-5H3/t20?,21-,24?/m0/s1. The van der Waals surface area contributed by atoms with Gasteiger partial charge in [-0.1, -0.05) is 52.9 Å². The third-order valence-electron chi connectivity index (χ3n) is 6.68. The maximum Gasteiger partial charge on any atom is 0.0625 e. The quantitative estimate of drug-likeness (QED) is 0.364. The Morgan fingerprint density at radius 3 is 1.93 bits per heavy atom. The Labute approximate surface area is 175 Å². The van der Waals surface area contributed by atoms with Gasteiger partial charge in [0, 0.05) is 13.2 Å². The minimum Gasteiger partial charge on any atom is -0.378 e. The molecule has 0 N–H and O–H groups in total. The van der Waals surface area contributed by atoms with Crippen LogP contribution in [0.5, 0.6) is 0 Å². The van der Waals surface area contributed by atoms with Crippen LogP contribution in [0.3, 0.4) is 0 Å². The zero-order valence-electron chi connectivity index (χ0n) is 19.5. The Kier molecular flexibility index (Phi) is 10.8. The van der Waals surface area contributed by atoms with Crippen molar-refractivity contribution in [3.8, 4) is 0 Å². The minimum atomic E-state index is 0.230. The van der Waals surface area contributed by atoms with Crippen molar-refractivity contribution in [3.05, 3.63) is 0 Å². The van der Waals surface area contributed by atoms with Gasteiger partial charge in [0.05, 0.1) is 24.9 Å². The molecule has 3 heteroatoms. The van der Waals surface area contributed by atoms with Crippen molar-refractivity contribution in [2.75, 3.05) is 19.8 Å². The van der Waals surface area contributed by atoms with Crippen LogP contribution in [0.15, 0.2) is 0 Å². The van der Waals surface area contributed by atoms with Crippen LogP contribution in [0.25, 0.3) is 0 Å². The second kappa shape index (κ2) is 12.5. The molecule has 0 aromatic heterocycles. The maximum absolute atomic E-state index is 6.40. The lowest BCUT2D eigenvalue weighted by molar-refractivity contribution is -0.0517. The van der Waals surface area contributed by atoms with E-state index in [0.29, 0.717) is 12.2 Å². The Bertz CT molecular complexity index is 391. The fourth-order valence-electron chi connectivity index (χ4n) is 4.76. The topological polar surface area (TPSA) is 27.7 Å². The number of hydrogen-bond acceptors (Lipinski definition) is 3. The van der Waals surface area contributed by atoms with Crippen molar-refractivity contribution >= 4 is 0 Å². The zero-order valence-corrected chi connectivity index (χ0v) is 19.5. The van der Waals surface area contributed by atoms with Crippen molar-refractivity contribution in [2.45, 2.75) is 124 Å². The molecule has 2 aliphatic rings. The summed E-state index contributed by atoms with van der Waals surface area (Å²) in [6.45, 7) is 13.6. The highest BCUT2D eigenvalue weighted by Gasteiger charge is 2.27. The van der Waals surface area contributed by atoms with Crippen LogP contribution >= 0.6 is 0 Å². The van der Waals surface area contributed by atoms with Crippen LogP contribution in [0.4, 0.5) is 0 Å². The summed E-state index contributed by atoms with van der Waals surface area (Å²) in [5, 5.41) is 0. The summed E-state index contributed by atoms with van der Waals surface area (Å²) < 4.78 is 18.7. The van der Waals surface area contributed by atoms with Crippen molar-refractivity contribution in [3.63, 3.8) is 0 Å². The van der Waals surface area contributed by atoms with Gasteiger partial charge < -0.3 is 14.2 Å². The summed E-state index contributed by atoms with van der Waals surface area (Å²) in [6, 6.07) is 0. The lowest BCUT2D eigenvalue weighted by Gasteiger charge is -2.29. The molecule has 3 nitrogen and oxygen atoms in total. The number of ether oxygens (including phenoxy) is 3. The van der Waals surface area contributed by atoms with Gasteiger partial charge in [-0.25, -0.2) is 0 Å². The van der Waals surface area contributed by atoms with Crippen molar-refractivity contribution in [1.29, 1.82) is 0 Å². The molecule has 3 atom stereocenters. The molecule has 166 valence electrons. The van der Waals surface area contributed by atoms with Gasteiger partial charge in [-0.05, 0) is 69.6 Å². The first-order valence-corrected chi connectivity index (χ1v) is 12.2. The molecule has 28 heavy (non-hydrogen) atoms. The molecule has 0 spiro atoms. The molecular weight excluding hydrogens is 348 g/mol. The van der Waals surface area contributed by atoms with Gasteiger partial charge in [-0.2, -0.15) is 0 Å². The zero-order chi connectivity index (χ0) is 20.4. The van der Waals surface area contributed by atoms with Crippen molar-refractivity contribution in [2.24, 2.45) is 17.3 Å². The van der Waals surface area contributed by atoms with Gasteiger partial charge in [0.25, 0.3) is 0 Å². The Morgan fingerprint density at radius 1 is 0.714 bits per heavy atom. The monoisotopic (exact) mass is 396 g/mol. The van der Waals surface area contributed by atoms with Gasteiger partial charge in [0.2, 0.25) is 0 Å². The largest absolute Gasteiger partial charge is 0.378 e. The van der Waals surface area contributed by atoms with Crippen LogP contribution in [0.2, 0.25) is 0 Å². The molecule has 2 aliphatic carbocycles. The molecule has 0 bridgehead atoms. The van der Waals surface area contributed by atoms with E-state index in [1.54, 1.807) is 0 Å². The van der Waals surface area contributed by atoms with Crippen LogP contribution in [-0.2, 0) is 14.2 Å². The highest BCUT2D eigenvalue weighted by atomic mass is 16.5. The van der Waals surface area contributed by atoms with E-state index in [2.05, 4.69) is 34.6 Å². The summed E-state index contributed by atoms with van der Waals surface area (Å²) in [7, 11) is 0. The Balaban J connectivity index is 1.67. The summed E-state index contributed by atoms with van der Waals surface area (Å²) in [6.07, 6.45) is 15.4. The first-order chi connectivity index (χ1) is 13.3. The molecule has 2 unspecified atom stereocenters. The van der Waals surface area contributed by atoms with Gasteiger partial charge in [0.15, 0.2) is 0 Å². The first kappa shape index (κ1) is 24.2. The number of rotatable bonds is 12. The summed E-state index contributed by atoms with van der Waals surface area (Å²) in [5.74, 6) is 1.51. The fourth-order valence-corrected chi connectivity index (χ4v) is 4.76. The van der Waals surface area contributed by atoms with Gasteiger partial charge in [-0.15, -0.1) is 0 Å². The smallest absolute Gasteiger partial charge is 0.0625 e. The molecule has 0 amide bonds. The SMILES string of the molecule is CC(CCOC(CCO[C@@H](C)C1CCCCC1)C1CCCC1)OCC(C)(C)C.